The largest absolute Gasteiger partial charge is 0.481 e. The van der Waals surface area contributed by atoms with E-state index >= 15 is 0 Å². The van der Waals surface area contributed by atoms with Crippen molar-refractivity contribution in [2.45, 2.75) is 38.5 Å². The van der Waals surface area contributed by atoms with Gasteiger partial charge in [0.1, 0.15) is 0 Å². The topological polar surface area (TPSA) is 78.9 Å². The lowest BCUT2D eigenvalue weighted by Gasteiger charge is -2.32. The SMILES string of the molecule is COCCN(C)CCNC(=O)CC1(C(=O)O)CCCCC1. The predicted octanol–water partition coefficient (Wildman–Crippen LogP) is 1.11. The highest BCUT2D eigenvalue weighted by atomic mass is 16.5. The molecule has 0 heterocycles. The smallest absolute Gasteiger partial charge is 0.310 e. The molecule has 0 radical (unpaired) electrons. The summed E-state index contributed by atoms with van der Waals surface area (Å²) in [6.07, 6.45) is 4.21. The first-order valence-corrected chi connectivity index (χ1v) is 7.68. The minimum absolute atomic E-state index is 0.101. The van der Waals surface area contributed by atoms with Gasteiger partial charge in [-0.25, -0.2) is 0 Å². The second-order valence-corrected chi connectivity index (χ2v) is 5.97. The molecule has 6 nitrogen and oxygen atoms in total. The predicted molar refractivity (Wildman–Crippen MR) is 80.2 cm³/mol. The van der Waals surface area contributed by atoms with E-state index in [1.165, 1.54) is 0 Å². The molecule has 21 heavy (non-hydrogen) atoms. The monoisotopic (exact) mass is 300 g/mol. The Morgan fingerprint density at radius 3 is 2.48 bits per heavy atom. The van der Waals surface area contributed by atoms with Crippen molar-refractivity contribution in [1.29, 1.82) is 0 Å². The van der Waals surface area contributed by atoms with Crippen LogP contribution in [0.2, 0.25) is 0 Å². The van der Waals surface area contributed by atoms with Crippen molar-refractivity contribution in [1.82, 2.24) is 10.2 Å². The molecule has 6 heteroatoms. The van der Waals surface area contributed by atoms with E-state index in [1.807, 2.05) is 7.05 Å². The Morgan fingerprint density at radius 1 is 1.24 bits per heavy atom. The van der Waals surface area contributed by atoms with Gasteiger partial charge >= 0.3 is 5.97 Å². The molecule has 0 spiro atoms. The summed E-state index contributed by atoms with van der Waals surface area (Å²) in [5, 5.41) is 12.3. The molecule has 0 aromatic carbocycles. The third-order valence-corrected chi connectivity index (χ3v) is 4.26. The molecule has 1 amide bonds. The third-order valence-electron chi connectivity index (χ3n) is 4.26. The quantitative estimate of drug-likeness (QED) is 0.667. The number of methoxy groups -OCH3 is 1. The highest BCUT2D eigenvalue weighted by Crippen LogP contribution is 2.39. The van der Waals surface area contributed by atoms with E-state index in [4.69, 9.17) is 4.74 Å². The zero-order valence-corrected chi connectivity index (χ0v) is 13.2. The second-order valence-electron chi connectivity index (χ2n) is 5.97. The van der Waals surface area contributed by atoms with E-state index < -0.39 is 11.4 Å². The number of carboxylic acid groups (broad SMARTS) is 1. The van der Waals surface area contributed by atoms with Gasteiger partial charge in [0.2, 0.25) is 5.91 Å². The van der Waals surface area contributed by atoms with Gasteiger partial charge in [0.25, 0.3) is 0 Å². The Balaban J connectivity index is 2.33. The molecule has 0 aromatic heterocycles. The lowest BCUT2D eigenvalue weighted by Crippen LogP contribution is -2.41. The van der Waals surface area contributed by atoms with Crippen LogP contribution in [0.5, 0.6) is 0 Å². The molecular weight excluding hydrogens is 272 g/mol. The van der Waals surface area contributed by atoms with E-state index in [9.17, 15) is 14.7 Å². The molecule has 1 rings (SSSR count). The molecule has 2 N–H and O–H groups in total. The van der Waals surface area contributed by atoms with Crippen LogP contribution in [0.4, 0.5) is 0 Å². The average Bonchev–Trinajstić information content (AvgIpc) is 2.45. The first-order chi connectivity index (χ1) is 10.00. The van der Waals surface area contributed by atoms with E-state index in [2.05, 4.69) is 10.2 Å². The molecule has 122 valence electrons. The number of nitrogens with one attached hydrogen (secondary N) is 1. The summed E-state index contributed by atoms with van der Waals surface area (Å²) in [6, 6.07) is 0. The Morgan fingerprint density at radius 2 is 1.90 bits per heavy atom. The summed E-state index contributed by atoms with van der Waals surface area (Å²) in [6.45, 7) is 2.74. The van der Waals surface area contributed by atoms with Crippen molar-refractivity contribution in [3.8, 4) is 0 Å². The maximum Gasteiger partial charge on any atom is 0.310 e. The fourth-order valence-corrected chi connectivity index (χ4v) is 2.81. The summed E-state index contributed by atoms with van der Waals surface area (Å²) < 4.78 is 4.99. The van der Waals surface area contributed by atoms with Gasteiger partial charge in [-0.2, -0.15) is 0 Å². The van der Waals surface area contributed by atoms with Gasteiger partial charge < -0.3 is 20.1 Å². The average molecular weight is 300 g/mol. The van der Waals surface area contributed by atoms with Crippen LogP contribution in [0.1, 0.15) is 38.5 Å². The van der Waals surface area contributed by atoms with Crippen LogP contribution in [-0.4, -0.2) is 62.3 Å². The Kier molecular flexibility index (Phi) is 7.67. The number of nitrogens with zero attached hydrogens (tertiary/aromatic N) is 1. The van der Waals surface area contributed by atoms with Crippen LogP contribution in [0.25, 0.3) is 0 Å². The molecule has 0 aliphatic heterocycles. The van der Waals surface area contributed by atoms with Gasteiger partial charge in [0.15, 0.2) is 0 Å². The number of rotatable bonds is 9. The number of carbonyl (C=O) groups is 2. The van der Waals surface area contributed by atoms with Crippen molar-refractivity contribution < 1.29 is 19.4 Å². The van der Waals surface area contributed by atoms with Gasteiger partial charge in [-0.05, 0) is 19.9 Å². The van der Waals surface area contributed by atoms with Gasteiger partial charge in [-0.3, -0.25) is 9.59 Å². The zero-order chi connectivity index (χ0) is 15.7. The van der Waals surface area contributed by atoms with Gasteiger partial charge in [0.05, 0.1) is 12.0 Å². The van der Waals surface area contributed by atoms with Crippen molar-refractivity contribution >= 4 is 11.9 Å². The number of ether oxygens (including phenoxy) is 1. The second kappa shape index (κ2) is 9.00. The molecular formula is C15H28N2O4. The van der Waals surface area contributed by atoms with Crippen LogP contribution >= 0.6 is 0 Å². The van der Waals surface area contributed by atoms with Gasteiger partial charge in [-0.15, -0.1) is 0 Å². The maximum absolute atomic E-state index is 12.0. The highest BCUT2D eigenvalue weighted by molar-refractivity contribution is 5.85. The molecule has 1 fully saturated rings. The molecule has 0 aromatic rings. The van der Waals surface area contributed by atoms with Gasteiger partial charge in [0, 0.05) is 33.2 Å². The minimum atomic E-state index is -0.843. The fraction of sp³-hybridized carbons (Fsp3) is 0.867. The molecule has 0 atom stereocenters. The molecule has 1 aliphatic rings. The Labute approximate surface area is 126 Å². The number of hydrogen-bond donors (Lipinski definition) is 2. The molecule has 0 saturated heterocycles. The van der Waals surface area contributed by atoms with Crippen LogP contribution in [-0.2, 0) is 14.3 Å². The molecule has 1 saturated carbocycles. The number of likely N-dealkylation sites (N-methyl/N-ethyl adjacent to an activating group) is 1. The molecule has 0 bridgehead atoms. The maximum atomic E-state index is 12.0. The lowest BCUT2D eigenvalue weighted by molar-refractivity contribution is -0.154. The van der Waals surface area contributed by atoms with Crippen LogP contribution in [0, 0.1) is 5.41 Å². The van der Waals surface area contributed by atoms with Gasteiger partial charge in [-0.1, -0.05) is 19.3 Å². The number of carbonyl (C=O) groups excluding carboxylic acids is 1. The molecule has 1 aliphatic carbocycles. The summed E-state index contributed by atoms with van der Waals surface area (Å²) in [5.41, 5.74) is -0.843. The van der Waals surface area contributed by atoms with Crippen LogP contribution in [0.3, 0.4) is 0 Å². The Hall–Kier alpha value is -1.14. The van der Waals surface area contributed by atoms with E-state index in [1.54, 1.807) is 7.11 Å². The highest BCUT2D eigenvalue weighted by Gasteiger charge is 2.41. The summed E-state index contributed by atoms with van der Waals surface area (Å²) in [7, 11) is 3.62. The first kappa shape index (κ1) is 17.9. The Bertz CT molecular complexity index is 341. The van der Waals surface area contributed by atoms with E-state index in [0.717, 1.165) is 32.4 Å². The number of aliphatic carboxylic acids is 1. The molecule has 0 unspecified atom stereocenters. The normalized spacial score (nSPS) is 17.7. The number of hydrogen-bond acceptors (Lipinski definition) is 4. The summed E-state index contributed by atoms with van der Waals surface area (Å²) in [5.74, 6) is -0.978. The van der Waals surface area contributed by atoms with Crippen molar-refractivity contribution in [3.05, 3.63) is 0 Å². The van der Waals surface area contributed by atoms with Crippen LogP contribution in [0.15, 0.2) is 0 Å². The van der Waals surface area contributed by atoms with Crippen molar-refractivity contribution in [2.75, 3.05) is 40.4 Å². The standard InChI is InChI=1S/C15H28N2O4/c1-17(10-11-21-2)9-8-16-13(18)12-15(14(19)20)6-4-3-5-7-15/h3-12H2,1-2H3,(H,16,18)(H,19,20). The lowest BCUT2D eigenvalue weighted by atomic mass is 9.71. The fourth-order valence-electron chi connectivity index (χ4n) is 2.81. The first-order valence-electron chi connectivity index (χ1n) is 7.68. The minimum Gasteiger partial charge on any atom is -0.481 e. The number of carboxylic acids is 1. The third kappa shape index (κ3) is 6.01. The van der Waals surface area contributed by atoms with Crippen molar-refractivity contribution in [3.63, 3.8) is 0 Å². The summed E-state index contributed by atoms with van der Waals surface area (Å²) in [4.78, 5) is 25.6. The zero-order valence-electron chi connectivity index (χ0n) is 13.2. The van der Waals surface area contributed by atoms with Crippen LogP contribution < -0.4 is 5.32 Å². The number of amides is 1. The van der Waals surface area contributed by atoms with Crippen molar-refractivity contribution in [2.24, 2.45) is 5.41 Å². The summed E-state index contributed by atoms with van der Waals surface area (Å²) >= 11 is 0. The van der Waals surface area contributed by atoms with E-state index in [-0.39, 0.29) is 12.3 Å². The van der Waals surface area contributed by atoms with E-state index in [0.29, 0.717) is 26.0 Å².